The van der Waals surface area contributed by atoms with Gasteiger partial charge in [-0.25, -0.2) is 9.59 Å². The van der Waals surface area contributed by atoms with Crippen molar-refractivity contribution in [2.24, 2.45) is 0 Å². The molecule has 0 aromatic heterocycles. The Labute approximate surface area is 192 Å². The molecule has 1 aliphatic heterocycles. The number of methoxy groups -OCH3 is 1. The Bertz CT molecular complexity index is 1060. The van der Waals surface area contributed by atoms with E-state index in [4.69, 9.17) is 21.1 Å². The molecule has 0 saturated heterocycles. The number of hydrogen-bond donors (Lipinski definition) is 0. The van der Waals surface area contributed by atoms with Gasteiger partial charge in [0.05, 0.1) is 30.9 Å². The van der Waals surface area contributed by atoms with Crippen LogP contribution in [-0.2, 0) is 25.6 Å². The van der Waals surface area contributed by atoms with Crippen molar-refractivity contribution in [1.29, 1.82) is 0 Å². The molecule has 0 spiro atoms. The lowest BCUT2D eigenvalue weighted by Crippen LogP contribution is -2.38. The fourth-order valence-electron chi connectivity index (χ4n) is 3.80. The van der Waals surface area contributed by atoms with Crippen LogP contribution in [0.1, 0.15) is 54.6 Å². The molecule has 0 bridgehead atoms. The molecule has 1 unspecified atom stereocenters. The van der Waals surface area contributed by atoms with E-state index >= 15 is 0 Å². The number of halogens is 1. The van der Waals surface area contributed by atoms with Crippen LogP contribution in [0.5, 0.6) is 0 Å². The minimum absolute atomic E-state index is 0.106. The van der Waals surface area contributed by atoms with Crippen LogP contribution in [0.25, 0.3) is 0 Å². The van der Waals surface area contributed by atoms with E-state index in [1.54, 1.807) is 68.1 Å². The number of ether oxygens (including phenoxy) is 2. The summed E-state index contributed by atoms with van der Waals surface area (Å²) in [5.41, 5.74) is 3.04. The number of carbonyl (C=O) groups is 3. The van der Waals surface area contributed by atoms with Gasteiger partial charge in [0, 0.05) is 23.1 Å². The molecule has 6 nitrogen and oxygen atoms in total. The predicted octanol–water partition coefficient (Wildman–Crippen LogP) is 4.87. The molecule has 0 N–H and O–H groups in total. The molecule has 0 fully saturated rings. The number of amides is 1. The zero-order chi connectivity index (χ0) is 23.4. The minimum Gasteiger partial charge on any atom is -0.465 e. The van der Waals surface area contributed by atoms with Crippen molar-refractivity contribution in [2.75, 3.05) is 7.11 Å². The fraction of sp³-hybridized carbons (Fsp3) is 0.320. The third-order valence-corrected chi connectivity index (χ3v) is 5.59. The van der Waals surface area contributed by atoms with E-state index < -0.39 is 17.9 Å². The van der Waals surface area contributed by atoms with Gasteiger partial charge in [0.1, 0.15) is 0 Å². The quantitative estimate of drug-likeness (QED) is 0.581. The van der Waals surface area contributed by atoms with Crippen molar-refractivity contribution in [1.82, 2.24) is 4.90 Å². The maximum absolute atomic E-state index is 13.1. The molecule has 2 aromatic carbocycles. The predicted molar refractivity (Wildman–Crippen MR) is 121 cm³/mol. The summed E-state index contributed by atoms with van der Waals surface area (Å²) < 4.78 is 10.2. The third-order valence-electron chi connectivity index (χ3n) is 5.35. The van der Waals surface area contributed by atoms with E-state index in [1.807, 2.05) is 6.07 Å². The lowest BCUT2D eigenvalue weighted by Gasteiger charge is -2.35. The van der Waals surface area contributed by atoms with Crippen LogP contribution in [0.2, 0.25) is 5.02 Å². The van der Waals surface area contributed by atoms with Gasteiger partial charge in [0.15, 0.2) is 0 Å². The number of allylic oxidation sites excluding steroid dienone is 1. The fourth-order valence-corrected chi connectivity index (χ4v) is 4.00. The summed E-state index contributed by atoms with van der Waals surface area (Å²) in [6, 6.07) is 14.0. The number of benzene rings is 2. The van der Waals surface area contributed by atoms with Crippen LogP contribution in [0, 0.1) is 0 Å². The Balaban J connectivity index is 1.98. The first-order valence-electron chi connectivity index (χ1n) is 10.4. The van der Waals surface area contributed by atoms with Gasteiger partial charge in [-0.3, -0.25) is 4.79 Å². The second kappa shape index (κ2) is 10.0. The number of esters is 2. The zero-order valence-corrected chi connectivity index (χ0v) is 19.3. The first-order chi connectivity index (χ1) is 15.2. The van der Waals surface area contributed by atoms with E-state index in [1.165, 1.54) is 7.11 Å². The summed E-state index contributed by atoms with van der Waals surface area (Å²) in [6.07, 6.45) is -0.166. The van der Waals surface area contributed by atoms with Gasteiger partial charge in [0.2, 0.25) is 5.91 Å². The summed E-state index contributed by atoms with van der Waals surface area (Å²) in [5.74, 6) is -1.42. The summed E-state index contributed by atoms with van der Waals surface area (Å²) >= 11 is 6.17. The molecule has 1 amide bonds. The molecule has 7 heteroatoms. The Hall–Kier alpha value is -3.12. The average Bonchev–Trinajstić information content (AvgIpc) is 2.75. The number of nitrogens with zero attached hydrogens (tertiary/aromatic N) is 1. The SMILES string of the molecule is COC(=O)c1ccc(CN2C(=O)CC(c3cccc(Cl)c3)C(C(=O)OC(C)C)=C2C)cc1. The minimum atomic E-state index is -0.444. The average molecular weight is 456 g/mol. The summed E-state index contributed by atoms with van der Waals surface area (Å²) in [5, 5.41) is 0.539. The summed E-state index contributed by atoms with van der Waals surface area (Å²) in [7, 11) is 1.32. The molecule has 1 aliphatic rings. The number of carbonyl (C=O) groups excluding carboxylic acids is 3. The van der Waals surface area contributed by atoms with E-state index in [-0.39, 0.29) is 25.0 Å². The molecule has 1 atom stereocenters. The van der Waals surface area contributed by atoms with E-state index in [9.17, 15) is 14.4 Å². The molecule has 0 radical (unpaired) electrons. The van der Waals surface area contributed by atoms with Crippen LogP contribution in [0.3, 0.4) is 0 Å². The monoisotopic (exact) mass is 455 g/mol. The normalized spacial score (nSPS) is 16.4. The zero-order valence-electron chi connectivity index (χ0n) is 18.6. The highest BCUT2D eigenvalue weighted by Gasteiger charge is 2.37. The molecule has 0 saturated carbocycles. The lowest BCUT2D eigenvalue weighted by molar-refractivity contribution is -0.143. The van der Waals surface area contributed by atoms with Gasteiger partial charge in [-0.15, -0.1) is 0 Å². The lowest BCUT2D eigenvalue weighted by atomic mass is 9.83. The highest BCUT2D eigenvalue weighted by atomic mass is 35.5. The standard InChI is InChI=1S/C25H26ClNO5/c1-15(2)32-25(30)23-16(3)27(14-17-8-10-18(11-9-17)24(29)31-4)22(28)13-21(23)19-6-5-7-20(26)12-19/h5-12,15,21H,13-14H2,1-4H3. The van der Waals surface area contributed by atoms with Crippen molar-refractivity contribution >= 4 is 29.4 Å². The maximum Gasteiger partial charge on any atom is 0.337 e. The molecule has 32 heavy (non-hydrogen) atoms. The Morgan fingerprint density at radius 2 is 1.81 bits per heavy atom. The van der Waals surface area contributed by atoms with E-state index in [2.05, 4.69) is 0 Å². The van der Waals surface area contributed by atoms with E-state index in [0.717, 1.165) is 11.1 Å². The Morgan fingerprint density at radius 3 is 2.41 bits per heavy atom. The summed E-state index contributed by atoms with van der Waals surface area (Å²) in [4.78, 5) is 39.4. The van der Waals surface area contributed by atoms with Gasteiger partial charge in [-0.1, -0.05) is 35.9 Å². The van der Waals surface area contributed by atoms with Crippen molar-refractivity contribution in [3.63, 3.8) is 0 Å². The van der Waals surface area contributed by atoms with Crippen LogP contribution < -0.4 is 0 Å². The summed E-state index contributed by atoms with van der Waals surface area (Å²) in [6.45, 7) is 5.61. The highest BCUT2D eigenvalue weighted by Crippen LogP contribution is 2.38. The third kappa shape index (κ3) is 5.19. The second-order valence-corrected chi connectivity index (χ2v) is 8.37. The van der Waals surface area contributed by atoms with Crippen molar-refractivity contribution in [2.45, 2.75) is 45.8 Å². The molecule has 0 aliphatic carbocycles. The van der Waals surface area contributed by atoms with Crippen molar-refractivity contribution in [3.05, 3.63) is 81.5 Å². The van der Waals surface area contributed by atoms with Gasteiger partial charge >= 0.3 is 11.9 Å². The van der Waals surface area contributed by atoms with Gasteiger partial charge in [-0.05, 0) is 56.2 Å². The molecule has 1 heterocycles. The number of rotatable bonds is 6. The Morgan fingerprint density at radius 1 is 1.12 bits per heavy atom. The van der Waals surface area contributed by atoms with Gasteiger partial charge in [-0.2, -0.15) is 0 Å². The van der Waals surface area contributed by atoms with E-state index in [0.29, 0.717) is 21.9 Å². The molecular weight excluding hydrogens is 430 g/mol. The van der Waals surface area contributed by atoms with Crippen LogP contribution in [0.15, 0.2) is 59.8 Å². The molecule has 2 aromatic rings. The van der Waals surface area contributed by atoms with Crippen molar-refractivity contribution in [3.8, 4) is 0 Å². The maximum atomic E-state index is 13.1. The van der Waals surface area contributed by atoms with Crippen molar-refractivity contribution < 1.29 is 23.9 Å². The first-order valence-corrected chi connectivity index (χ1v) is 10.7. The van der Waals surface area contributed by atoms with Gasteiger partial charge in [0.25, 0.3) is 0 Å². The van der Waals surface area contributed by atoms with Gasteiger partial charge < -0.3 is 14.4 Å². The number of hydrogen-bond acceptors (Lipinski definition) is 5. The largest absolute Gasteiger partial charge is 0.465 e. The Kier molecular flexibility index (Phi) is 7.36. The van der Waals surface area contributed by atoms with Crippen LogP contribution >= 0.6 is 11.6 Å². The second-order valence-electron chi connectivity index (χ2n) is 7.93. The topological polar surface area (TPSA) is 72.9 Å². The van der Waals surface area contributed by atoms with Crippen LogP contribution in [-0.4, -0.2) is 36.0 Å². The smallest absolute Gasteiger partial charge is 0.337 e. The molecule has 3 rings (SSSR count). The molecule has 168 valence electrons. The van der Waals surface area contributed by atoms with Crippen LogP contribution in [0.4, 0.5) is 0 Å². The highest BCUT2D eigenvalue weighted by molar-refractivity contribution is 6.30. The molecular formula is C25H26ClNO5. The first kappa shape index (κ1) is 23.5.